The summed E-state index contributed by atoms with van der Waals surface area (Å²) < 4.78 is 0. The third-order valence-corrected chi connectivity index (χ3v) is 4.86. The number of amides is 1. The van der Waals surface area contributed by atoms with Crippen LogP contribution in [0.15, 0.2) is 54.6 Å². The van der Waals surface area contributed by atoms with Crippen molar-refractivity contribution in [2.45, 2.75) is 13.5 Å². The highest BCUT2D eigenvalue weighted by Gasteiger charge is 2.17. The second-order valence-corrected chi connectivity index (χ2v) is 7.22. The van der Waals surface area contributed by atoms with E-state index in [9.17, 15) is 4.79 Å². The summed E-state index contributed by atoms with van der Waals surface area (Å²) in [4.78, 5) is 19.9. The van der Waals surface area contributed by atoms with Gasteiger partial charge in [0.25, 0.3) is 5.91 Å². The van der Waals surface area contributed by atoms with Gasteiger partial charge in [-0.25, -0.2) is 4.98 Å². The largest absolute Gasteiger partial charge is 0.378 e. The van der Waals surface area contributed by atoms with Crippen LogP contribution in [0.25, 0.3) is 11.3 Å². The minimum Gasteiger partial charge on any atom is -0.378 e. The van der Waals surface area contributed by atoms with Crippen LogP contribution >= 0.6 is 11.3 Å². The van der Waals surface area contributed by atoms with Crippen molar-refractivity contribution < 1.29 is 4.79 Å². The van der Waals surface area contributed by atoms with Gasteiger partial charge in [0.05, 0.1) is 10.7 Å². The van der Waals surface area contributed by atoms with E-state index in [1.54, 1.807) is 0 Å². The van der Waals surface area contributed by atoms with Crippen molar-refractivity contribution in [3.8, 4) is 11.3 Å². The number of aromatic nitrogens is 1. The summed E-state index contributed by atoms with van der Waals surface area (Å²) in [7, 11) is 4.02. The van der Waals surface area contributed by atoms with Crippen LogP contribution in [0.2, 0.25) is 0 Å². The highest BCUT2D eigenvalue weighted by molar-refractivity contribution is 7.14. The summed E-state index contributed by atoms with van der Waals surface area (Å²) in [5.74, 6) is -0.0823. The van der Waals surface area contributed by atoms with Crippen LogP contribution in [0.3, 0.4) is 0 Å². The Labute approximate surface area is 152 Å². The fourth-order valence-corrected chi connectivity index (χ4v) is 3.40. The maximum atomic E-state index is 12.7. The molecule has 1 aromatic heterocycles. The lowest BCUT2D eigenvalue weighted by molar-refractivity contribution is 0.0955. The fourth-order valence-electron chi connectivity index (χ4n) is 2.55. The SMILES string of the molecule is Cc1nc(-c2ccccc2)c(C(=O)NCc2ccc(N(C)C)cc2)s1. The van der Waals surface area contributed by atoms with E-state index in [4.69, 9.17) is 0 Å². The lowest BCUT2D eigenvalue weighted by Gasteiger charge is -2.13. The van der Waals surface area contributed by atoms with E-state index >= 15 is 0 Å². The number of thiazole rings is 1. The van der Waals surface area contributed by atoms with E-state index in [1.807, 2.05) is 75.6 Å². The van der Waals surface area contributed by atoms with Gasteiger partial charge in [0, 0.05) is 31.9 Å². The molecule has 1 N–H and O–H groups in total. The van der Waals surface area contributed by atoms with E-state index in [1.165, 1.54) is 11.3 Å². The molecule has 0 bridgehead atoms. The fraction of sp³-hybridized carbons (Fsp3) is 0.200. The number of carbonyl (C=O) groups is 1. The molecule has 0 aliphatic carbocycles. The smallest absolute Gasteiger partial charge is 0.263 e. The molecule has 0 spiro atoms. The molecule has 1 heterocycles. The zero-order valence-corrected chi connectivity index (χ0v) is 15.4. The van der Waals surface area contributed by atoms with Crippen LogP contribution < -0.4 is 10.2 Å². The summed E-state index contributed by atoms with van der Waals surface area (Å²) in [6.45, 7) is 2.42. The molecule has 0 aliphatic rings. The van der Waals surface area contributed by atoms with E-state index in [0.29, 0.717) is 11.4 Å². The molecule has 0 atom stereocenters. The Hall–Kier alpha value is -2.66. The van der Waals surface area contributed by atoms with Gasteiger partial charge in [-0.1, -0.05) is 42.5 Å². The van der Waals surface area contributed by atoms with Crippen LogP contribution in [0.5, 0.6) is 0 Å². The Morgan fingerprint density at radius 1 is 1.08 bits per heavy atom. The quantitative estimate of drug-likeness (QED) is 0.752. The van der Waals surface area contributed by atoms with Crippen molar-refractivity contribution in [3.05, 3.63) is 70.0 Å². The first kappa shape index (κ1) is 17.2. The number of nitrogens with one attached hydrogen (secondary N) is 1. The number of nitrogens with zero attached hydrogens (tertiary/aromatic N) is 2. The van der Waals surface area contributed by atoms with Crippen molar-refractivity contribution in [1.29, 1.82) is 0 Å². The summed E-state index contributed by atoms with van der Waals surface area (Å²) in [6, 6.07) is 18.0. The van der Waals surface area contributed by atoms with Gasteiger partial charge in [0.1, 0.15) is 4.88 Å². The number of anilines is 1. The highest BCUT2D eigenvalue weighted by Crippen LogP contribution is 2.27. The molecule has 1 amide bonds. The van der Waals surface area contributed by atoms with Crippen LogP contribution in [0, 0.1) is 6.92 Å². The molecule has 0 saturated heterocycles. The number of carbonyl (C=O) groups excluding carboxylic acids is 1. The third-order valence-electron chi connectivity index (χ3n) is 3.89. The normalized spacial score (nSPS) is 10.5. The van der Waals surface area contributed by atoms with Gasteiger partial charge < -0.3 is 10.2 Å². The molecular formula is C20H21N3OS. The van der Waals surface area contributed by atoms with Crippen molar-refractivity contribution in [1.82, 2.24) is 10.3 Å². The zero-order valence-electron chi connectivity index (χ0n) is 14.6. The number of hydrogen-bond acceptors (Lipinski definition) is 4. The summed E-state index contributed by atoms with van der Waals surface area (Å²) in [5.41, 5.74) is 3.93. The van der Waals surface area contributed by atoms with Crippen molar-refractivity contribution >= 4 is 22.9 Å². The molecule has 0 radical (unpaired) electrons. The standard InChI is InChI=1S/C20H21N3OS/c1-14-22-18(16-7-5-4-6-8-16)19(25-14)20(24)21-13-15-9-11-17(12-10-15)23(2)3/h4-12H,13H2,1-3H3,(H,21,24). The maximum absolute atomic E-state index is 12.7. The Kier molecular flexibility index (Phi) is 5.14. The first-order valence-electron chi connectivity index (χ1n) is 8.12. The number of hydrogen-bond donors (Lipinski definition) is 1. The zero-order chi connectivity index (χ0) is 17.8. The minimum atomic E-state index is -0.0823. The molecule has 3 rings (SSSR count). The van der Waals surface area contributed by atoms with Gasteiger partial charge in [-0.15, -0.1) is 11.3 Å². The summed E-state index contributed by atoms with van der Waals surface area (Å²) >= 11 is 1.43. The van der Waals surface area contributed by atoms with Crippen LogP contribution in [-0.4, -0.2) is 25.0 Å². The average molecular weight is 351 g/mol. The van der Waals surface area contributed by atoms with E-state index in [0.717, 1.165) is 27.5 Å². The van der Waals surface area contributed by atoms with Crippen LogP contribution in [-0.2, 0) is 6.54 Å². The van der Waals surface area contributed by atoms with E-state index < -0.39 is 0 Å². The topological polar surface area (TPSA) is 45.2 Å². The Balaban J connectivity index is 1.74. The lowest BCUT2D eigenvalue weighted by Crippen LogP contribution is -2.22. The summed E-state index contributed by atoms with van der Waals surface area (Å²) in [6.07, 6.45) is 0. The first-order chi connectivity index (χ1) is 12.0. The Morgan fingerprint density at radius 2 is 1.76 bits per heavy atom. The molecule has 0 unspecified atom stereocenters. The second kappa shape index (κ2) is 7.49. The first-order valence-corrected chi connectivity index (χ1v) is 8.93. The molecule has 4 nitrogen and oxygen atoms in total. The molecule has 0 aliphatic heterocycles. The predicted octanol–water partition coefficient (Wildman–Crippen LogP) is 4.11. The van der Waals surface area contributed by atoms with Crippen molar-refractivity contribution in [2.75, 3.05) is 19.0 Å². The van der Waals surface area contributed by atoms with Gasteiger partial charge in [0.2, 0.25) is 0 Å². The van der Waals surface area contributed by atoms with Crippen LogP contribution in [0.1, 0.15) is 20.2 Å². The van der Waals surface area contributed by atoms with Crippen molar-refractivity contribution in [2.24, 2.45) is 0 Å². The number of benzene rings is 2. The molecule has 25 heavy (non-hydrogen) atoms. The average Bonchev–Trinajstić information content (AvgIpc) is 3.02. The van der Waals surface area contributed by atoms with Gasteiger partial charge in [-0.05, 0) is 24.6 Å². The van der Waals surface area contributed by atoms with Crippen LogP contribution in [0.4, 0.5) is 5.69 Å². The Morgan fingerprint density at radius 3 is 2.40 bits per heavy atom. The molecule has 5 heteroatoms. The predicted molar refractivity (Wildman–Crippen MR) is 104 cm³/mol. The number of aryl methyl sites for hydroxylation is 1. The minimum absolute atomic E-state index is 0.0823. The molecule has 3 aromatic rings. The maximum Gasteiger partial charge on any atom is 0.263 e. The van der Waals surface area contributed by atoms with Gasteiger partial charge in [0.15, 0.2) is 0 Å². The molecule has 128 valence electrons. The Bertz CT molecular complexity index is 854. The third kappa shape index (κ3) is 4.06. The van der Waals surface area contributed by atoms with E-state index in [-0.39, 0.29) is 5.91 Å². The van der Waals surface area contributed by atoms with Gasteiger partial charge in [-0.3, -0.25) is 4.79 Å². The highest BCUT2D eigenvalue weighted by atomic mass is 32.1. The monoisotopic (exact) mass is 351 g/mol. The summed E-state index contributed by atoms with van der Waals surface area (Å²) in [5, 5.41) is 3.89. The lowest BCUT2D eigenvalue weighted by atomic mass is 10.1. The molecular weight excluding hydrogens is 330 g/mol. The number of rotatable bonds is 5. The van der Waals surface area contributed by atoms with Gasteiger partial charge >= 0.3 is 0 Å². The second-order valence-electron chi connectivity index (χ2n) is 6.02. The molecule has 0 fully saturated rings. The van der Waals surface area contributed by atoms with E-state index in [2.05, 4.69) is 15.2 Å². The van der Waals surface area contributed by atoms with Gasteiger partial charge in [-0.2, -0.15) is 0 Å². The van der Waals surface area contributed by atoms with Crippen molar-refractivity contribution in [3.63, 3.8) is 0 Å². The molecule has 2 aromatic carbocycles. The molecule has 0 saturated carbocycles.